The molecular weight excluding hydrogens is 280 g/mol. The number of carbonyl (C=O) groups is 2. The number of amides is 2. The second kappa shape index (κ2) is 5.61. The number of nitrogens with one attached hydrogen (secondary N) is 2. The quantitative estimate of drug-likeness (QED) is 0.809. The smallest absolute Gasteiger partial charge is 0.254 e. The van der Waals surface area contributed by atoms with Crippen molar-refractivity contribution in [2.45, 2.75) is 25.9 Å². The van der Waals surface area contributed by atoms with Gasteiger partial charge >= 0.3 is 0 Å². The number of rotatable bonds is 1. The summed E-state index contributed by atoms with van der Waals surface area (Å²) in [6.45, 7) is 6.24. The van der Waals surface area contributed by atoms with Crippen molar-refractivity contribution in [2.24, 2.45) is 0 Å². The maximum atomic E-state index is 12.7. The van der Waals surface area contributed by atoms with Crippen molar-refractivity contribution in [3.8, 4) is 0 Å². The van der Waals surface area contributed by atoms with Crippen LogP contribution in [0.4, 0.5) is 11.4 Å². The molecule has 2 atom stereocenters. The number of hydrogen-bond acceptors (Lipinski definition) is 4. The summed E-state index contributed by atoms with van der Waals surface area (Å²) in [5.41, 5.74) is 2.27. The first-order chi connectivity index (χ1) is 10.5. The molecule has 22 heavy (non-hydrogen) atoms. The summed E-state index contributed by atoms with van der Waals surface area (Å²) in [7, 11) is 1.89. The minimum absolute atomic E-state index is 0.0207. The summed E-state index contributed by atoms with van der Waals surface area (Å²) in [5.74, 6) is -0.0255. The SMILES string of the molecule is CC1C(=O)Nc2cc(C(=O)N3CCNC[C@@H]3C)ccc2N1C. The topological polar surface area (TPSA) is 64.7 Å². The Morgan fingerprint density at radius 1 is 1.32 bits per heavy atom. The lowest BCUT2D eigenvalue weighted by atomic mass is 10.1. The number of benzene rings is 1. The lowest BCUT2D eigenvalue weighted by Gasteiger charge is -2.35. The van der Waals surface area contributed by atoms with Crippen LogP contribution in [-0.2, 0) is 4.79 Å². The van der Waals surface area contributed by atoms with Crippen LogP contribution in [0.25, 0.3) is 0 Å². The van der Waals surface area contributed by atoms with Gasteiger partial charge in [-0.25, -0.2) is 0 Å². The maximum absolute atomic E-state index is 12.7. The van der Waals surface area contributed by atoms with Crippen molar-refractivity contribution in [1.29, 1.82) is 0 Å². The Kier molecular flexibility index (Phi) is 3.78. The predicted molar refractivity (Wildman–Crippen MR) is 86.3 cm³/mol. The van der Waals surface area contributed by atoms with E-state index in [1.54, 1.807) is 6.07 Å². The summed E-state index contributed by atoms with van der Waals surface area (Å²) < 4.78 is 0. The molecule has 2 aliphatic heterocycles. The van der Waals surface area contributed by atoms with Gasteiger partial charge in [0.15, 0.2) is 0 Å². The Morgan fingerprint density at radius 3 is 2.82 bits per heavy atom. The molecule has 2 heterocycles. The molecule has 0 aliphatic carbocycles. The monoisotopic (exact) mass is 302 g/mol. The molecule has 1 aromatic rings. The van der Waals surface area contributed by atoms with Gasteiger partial charge in [-0.3, -0.25) is 9.59 Å². The van der Waals surface area contributed by atoms with Crippen LogP contribution in [0, 0.1) is 0 Å². The molecule has 0 radical (unpaired) electrons. The molecule has 2 amide bonds. The van der Waals surface area contributed by atoms with Gasteiger partial charge in [0.1, 0.15) is 6.04 Å². The molecular formula is C16H22N4O2. The molecule has 0 saturated carbocycles. The highest BCUT2D eigenvalue weighted by molar-refractivity contribution is 6.05. The van der Waals surface area contributed by atoms with Crippen molar-refractivity contribution in [3.63, 3.8) is 0 Å². The Hall–Kier alpha value is -2.08. The van der Waals surface area contributed by atoms with Gasteiger partial charge in [-0.05, 0) is 32.0 Å². The second-order valence-corrected chi connectivity index (χ2v) is 6.06. The van der Waals surface area contributed by atoms with Crippen molar-refractivity contribution in [3.05, 3.63) is 23.8 Å². The average Bonchev–Trinajstić information content (AvgIpc) is 2.52. The number of fused-ring (bicyclic) bond motifs is 1. The van der Waals surface area contributed by atoms with E-state index in [4.69, 9.17) is 0 Å². The summed E-state index contributed by atoms with van der Waals surface area (Å²) in [6.07, 6.45) is 0. The van der Waals surface area contributed by atoms with Gasteiger partial charge < -0.3 is 20.4 Å². The highest BCUT2D eigenvalue weighted by atomic mass is 16.2. The fraction of sp³-hybridized carbons (Fsp3) is 0.500. The highest BCUT2D eigenvalue weighted by Crippen LogP contribution is 2.32. The average molecular weight is 302 g/mol. The van der Waals surface area contributed by atoms with Crippen molar-refractivity contribution in [2.75, 3.05) is 36.9 Å². The van der Waals surface area contributed by atoms with E-state index < -0.39 is 0 Å². The summed E-state index contributed by atoms with van der Waals surface area (Å²) in [5, 5.41) is 6.17. The van der Waals surface area contributed by atoms with E-state index in [0.29, 0.717) is 17.8 Å². The van der Waals surface area contributed by atoms with E-state index in [2.05, 4.69) is 10.6 Å². The summed E-state index contributed by atoms with van der Waals surface area (Å²) >= 11 is 0. The number of nitrogens with zero attached hydrogens (tertiary/aromatic N) is 2. The maximum Gasteiger partial charge on any atom is 0.254 e. The zero-order valence-electron chi connectivity index (χ0n) is 13.2. The van der Waals surface area contributed by atoms with Crippen LogP contribution >= 0.6 is 0 Å². The van der Waals surface area contributed by atoms with Crippen LogP contribution in [0.15, 0.2) is 18.2 Å². The third kappa shape index (κ3) is 2.43. The van der Waals surface area contributed by atoms with Crippen LogP contribution in [-0.4, -0.2) is 55.5 Å². The Bertz CT molecular complexity index is 616. The van der Waals surface area contributed by atoms with E-state index in [-0.39, 0.29) is 23.9 Å². The molecule has 3 rings (SSSR count). The molecule has 118 valence electrons. The predicted octanol–water partition coefficient (Wildman–Crippen LogP) is 0.897. The van der Waals surface area contributed by atoms with Crippen LogP contribution in [0.3, 0.4) is 0 Å². The van der Waals surface area contributed by atoms with Gasteiger partial charge in [0.25, 0.3) is 5.91 Å². The first-order valence-corrected chi connectivity index (χ1v) is 7.68. The van der Waals surface area contributed by atoms with E-state index >= 15 is 0 Å². The number of hydrogen-bond donors (Lipinski definition) is 2. The largest absolute Gasteiger partial charge is 0.361 e. The number of anilines is 2. The molecule has 0 bridgehead atoms. The Balaban J connectivity index is 1.89. The van der Waals surface area contributed by atoms with Crippen molar-refractivity contribution in [1.82, 2.24) is 10.2 Å². The van der Waals surface area contributed by atoms with Crippen molar-refractivity contribution >= 4 is 23.2 Å². The number of carbonyl (C=O) groups excluding carboxylic acids is 2. The third-order valence-corrected chi connectivity index (χ3v) is 4.60. The molecule has 1 aromatic carbocycles. The molecule has 1 saturated heterocycles. The van der Waals surface area contributed by atoms with Crippen LogP contribution < -0.4 is 15.5 Å². The first-order valence-electron chi connectivity index (χ1n) is 7.68. The van der Waals surface area contributed by atoms with Gasteiger partial charge in [0.05, 0.1) is 11.4 Å². The zero-order chi connectivity index (χ0) is 15.9. The lowest BCUT2D eigenvalue weighted by Crippen LogP contribution is -2.52. The lowest BCUT2D eigenvalue weighted by molar-refractivity contribution is -0.117. The Morgan fingerprint density at radius 2 is 2.09 bits per heavy atom. The molecule has 2 N–H and O–H groups in total. The fourth-order valence-electron chi connectivity index (χ4n) is 3.01. The standard InChI is InChI=1S/C16H22N4O2/c1-10-9-17-6-7-20(10)16(22)12-4-5-14-13(8-12)18-15(21)11(2)19(14)3/h4-5,8,10-11,17H,6-7,9H2,1-3H3,(H,18,21)/t10-,11?/m0/s1. The molecule has 6 heteroatoms. The summed E-state index contributed by atoms with van der Waals surface area (Å²) in [4.78, 5) is 28.5. The van der Waals surface area contributed by atoms with Crippen LogP contribution in [0.2, 0.25) is 0 Å². The number of likely N-dealkylation sites (N-methyl/N-ethyl adjacent to an activating group) is 1. The normalized spacial score (nSPS) is 24.8. The highest BCUT2D eigenvalue weighted by Gasteiger charge is 2.29. The van der Waals surface area contributed by atoms with E-state index in [1.807, 2.05) is 42.8 Å². The van der Waals surface area contributed by atoms with E-state index in [9.17, 15) is 9.59 Å². The molecule has 0 aromatic heterocycles. The Labute approximate surface area is 130 Å². The number of piperazine rings is 1. The van der Waals surface area contributed by atoms with Crippen molar-refractivity contribution < 1.29 is 9.59 Å². The van der Waals surface area contributed by atoms with Gasteiger partial charge in [-0.1, -0.05) is 0 Å². The fourth-order valence-corrected chi connectivity index (χ4v) is 3.01. The summed E-state index contributed by atoms with van der Waals surface area (Å²) in [6, 6.07) is 5.51. The van der Waals surface area contributed by atoms with E-state index in [1.165, 1.54) is 0 Å². The van der Waals surface area contributed by atoms with Gasteiger partial charge in [-0.2, -0.15) is 0 Å². The van der Waals surface area contributed by atoms with Gasteiger partial charge in [-0.15, -0.1) is 0 Å². The van der Waals surface area contributed by atoms with E-state index in [0.717, 1.165) is 18.8 Å². The zero-order valence-corrected chi connectivity index (χ0v) is 13.2. The van der Waals surface area contributed by atoms with Gasteiger partial charge in [0.2, 0.25) is 5.91 Å². The molecule has 6 nitrogen and oxygen atoms in total. The van der Waals surface area contributed by atoms with Gasteiger partial charge in [0, 0.05) is 38.3 Å². The minimum Gasteiger partial charge on any atom is -0.361 e. The molecule has 0 spiro atoms. The third-order valence-electron chi connectivity index (χ3n) is 4.60. The minimum atomic E-state index is -0.206. The second-order valence-electron chi connectivity index (χ2n) is 6.06. The van der Waals surface area contributed by atoms with Crippen LogP contribution in [0.5, 0.6) is 0 Å². The molecule has 1 fully saturated rings. The first kappa shape index (κ1) is 14.8. The van der Waals surface area contributed by atoms with Crippen LogP contribution in [0.1, 0.15) is 24.2 Å². The molecule has 2 aliphatic rings. The molecule has 1 unspecified atom stereocenters.